The van der Waals surface area contributed by atoms with Gasteiger partial charge in [-0.05, 0) is 113 Å². The largest absolute Gasteiger partial charge is 0.497 e. The van der Waals surface area contributed by atoms with E-state index < -0.39 is 58.8 Å². The molecule has 0 bridgehead atoms. The number of hydrogen-bond acceptors (Lipinski definition) is 13. The quantitative estimate of drug-likeness (QED) is 0.0961. The predicted molar refractivity (Wildman–Crippen MR) is 269 cm³/mol. The molecule has 74 heavy (non-hydrogen) atoms. The van der Waals surface area contributed by atoms with Gasteiger partial charge in [-0.1, -0.05) is 30.3 Å². The van der Waals surface area contributed by atoms with Crippen molar-refractivity contribution in [2.45, 2.75) is 109 Å². The smallest absolute Gasteiger partial charge is 0.417 e. The fourth-order valence-electron chi connectivity index (χ4n) is 11.7. The van der Waals surface area contributed by atoms with E-state index in [1.165, 1.54) is 19.2 Å². The molecular formula is C55H58F5N9O5. The molecule has 11 rings (SSSR count). The van der Waals surface area contributed by atoms with E-state index in [4.69, 9.17) is 43.6 Å². The lowest BCUT2D eigenvalue weighted by Crippen LogP contribution is -2.43. The van der Waals surface area contributed by atoms with Gasteiger partial charge >= 0.3 is 12.2 Å². The summed E-state index contributed by atoms with van der Waals surface area (Å²) in [5.41, 5.74) is -0.135. The van der Waals surface area contributed by atoms with Crippen LogP contribution in [0.15, 0.2) is 79.1 Å². The Bertz CT molecular complexity index is 3140. The second-order valence-electron chi connectivity index (χ2n) is 20.0. The molecule has 4 aliphatic rings. The zero-order valence-electron chi connectivity index (χ0n) is 42.0. The normalized spacial score (nSPS) is 21.4. The SMILES string of the molecule is COc1ccc(CN(Cc2ccc(OC)cc2)c2ncccc2C(C)N2c3nc(OC[C@@]45CCCN4C[C@H](F)C5)nc4c(F)c(-c5c(C(F)(F)F)c(C)cc6c5cnn6C5CCCCO5)nc(c34)OC[C@@H]2C)cc1. The minimum Gasteiger partial charge on any atom is -0.497 e. The van der Waals surface area contributed by atoms with Crippen LogP contribution >= 0.6 is 0 Å². The van der Waals surface area contributed by atoms with E-state index in [9.17, 15) is 0 Å². The van der Waals surface area contributed by atoms with E-state index >= 15 is 22.0 Å². The molecule has 4 aromatic heterocycles. The van der Waals surface area contributed by atoms with Crippen molar-refractivity contribution in [3.8, 4) is 34.6 Å². The molecule has 8 heterocycles. The van der Waals surface area contributed by atoms with Crippen LogP contribution < -0.4 is 28.7 Å². The topological polar surface area (TPSA) is 125 Å². The zero-order chi connectivity index (χ0) is 51.5. The summed E-state index contributed by atoms with van der Waals surface area (Å²) >= 11 is 0. The van der Waals surface area contributed by atoms with Crippen molar-refractivity contribution in [1.29, 1.82) is 0 Å². The van der Waals surface area contributed by atoms with Crippen molar-refractivity contribution in [2.75, 3.05) is 56.9 Å². The van der Waals surface area contributed by atoms with E-state index in [2.05, 4.69) is 14.9 Å². The lowest BCUT2D eigenvalue weighted by molar-refractivity contribution is -0.137. The van der Waals surface area contributed by atoms with Crippen molar-refractivity contribution in [2.24, 2.45) is 0 Å². The van der Waals surface area contributed by atoms with Crippen molar-refractivity contribution < 1.29 is 45.6 Å². The number of methoxy groups -OCH3 is 2. The Balaban J connectivity index is 1.08. The predicted octanol–water partition coefficient (Wildman–Crippen LogP) is 11.1. The number of alkyl halides is 4. The number of fused-ring (bicyclic) bond motifs is 2. The number of pyridine rings is 2. The number of ether oxygens (including phenoxy) is 5. The Labute approximate surface area is 425 Å². The van der Waals surface area contributed by atoms with Crippen LogP contribution in [0.5, 0.6) is 23.4 Å². The van der Waals surface area contributed by atoms with Gasteiger partial charge in [-0.15, -0.1) is 0 Å². The Hall–Kier alpha value is -6.86. The first-order valence-corrected chi connectivity index (χ1v) is 25.2. The molecule has 3 fully saturated rings. The second-order valence-corrected chi connectivity index (χ2v) is 20.0. The van der Waals surface area contributed by atoms with E-state index in [0.717, 1.165) is 47.5 Å². The number of aryl methyl sites for hydroxylation is 1. The highest BCUT2D eigenvalue weighted by Gasteiger charge is 2.50. The third kappa shape index (κ3) is 9.04. The van der Waals surface area contributed by atoms with Crippen LogP contribution in [0.2, 0.25) is 0 Å². The molecule has 0 aliphatic carbocycles. The van der Waals surface area contributed by atoms with Crippen molar-refractivity contribution in [3.63, 3.8) is 0 Å². The number of rotatable bonds is 14. The van der Waals surface area contributed by atoms with Gasteiger partial charge in [0.25, 0.3) is 0 Å². The van der Waals surface area contributed by atoms with E-state index in [1.54, 1.807) is 25.1 Å². The lowest BCUT2D eigenvalue weighted by atomic mass is 9.94. The molecule has 0 N–H and O–H groups in total. The summed E-state index contributed by atoms with van der Waals surface area (Å²) in [5, 5.41) is 4.64. The second kappa shape index (κ2) is 19.8. The molecule has 4 aliphatic heterocycles. The summed E-state index contributed by atoms with van der Waals surface area (Å²) < 4.78 is 111. The first-order valence-electron chi connectivity index (χ1n) is 25.2. The fourth-order valence-corrected chi connectivity index (χ4v) is 11.7. The highest BCUT2D eigenvalue weighted by molar-refractivity contribution is 6.02. The molecule has 3 aromatic carbocycles. The third-order valence-electron chi connectivity index (χ3n) is 15.2. The first-order chi connectivity index (χ1) is 35.7. The maximum Gasteiger partial charge on any atom is 0.417 e. The van der Waals surface area contributed by atoms with Gasteiger partial charge in [0, 0.05) is 55.4 Å². The molecule has 14 nitrogen and oxygen atoms in total. The maximum atomic E-state index is 18.2. The monoisotopic (exact) mass is 1020 g/mol. The van der Waals surface area contributed by atoms with Crippen LogP contribution in [0.25, 0.3) is 33.1 Å². The standard InChI is InChI=1S/C55H58F5N9O5/c1-32-24-42-41(26-62-69(42)43-11-6-7-23-72-43)44(46(32)55(58,59)60)48-47(57)49-45-51(65-53(64-49)74-31-54-20-9-22-67(54)29-37(56)25-54)68(33(2)30-73-52(45)63-48)34(3)40-10-8-21-61-50(40)66(27-35-12-16-38(70-4)17-13-35)28-36-14-18-39(71-5)19-15-36/h8,10,12-19,21,24,26,33-34,37,43H,6-7,9,11,20,22-23,25,27-31H2,1-5H3/t33-,34?,37+,43?,54-/m0/s1. The van der Waals surface area contributed by atoms with Gasteiger partial charge in [-0.2, -0.15) is 28.2 Å². The first kappa shape index (κ1) is 49.4. The van der Waals surface area contributed by atoms with Crippen LogP contribution in [0.3, 0.4) is 0 Å². The lowest BCUT2D eigenvalue weighted by Gasteiger charge is -2.37. The van der Waals surface area contributed by atoms with E-state index in [1.807, 2.05) is 79.4 Å². The average Bonchev–Trinajstić information content (AvgIpc) is 4.07. The van der Waals surface area contributed by atoms with Gasteiger partial charge in [-0.25, -0.2) is 23.4 Å². The molecule has 19 heteroatoms. The summed E-state index contributed by atoms with van der Waals surface area (Å²) in [6.07, 6.45) is 0.659. The number of hydrogen-bond donors (Lipinski definition) is 0. The van der Waals surface area contributed by atoms with Gasteiger partial charge in [0.15, 0.2) is 12.0 Å². The minimum atomic E-state index is -4.93. The molecule has 0 spiro atoms. The maximum absolute atomic E-state index is 18.2. The molecule has 0 radical (unpaired) electrons. The van der Waals surface area contributed by atoms with E-state index in [0.29, 0.717) is 50.4 Å². The Morgan fingerprint density at radius 2 is 1.68 bits per heavy atom. The van der Waals surface area contributed by atoms with Gasteiger partial charge in [-0.3, -0.25) is 4.90 Å². The Morgan fingerprint density at radius 1 is 0.946 bits per heavy atom. The van der Waals surface area contributed by atoms with Crippen LogP contribution in [0.4, 0.5) is 33.6 Å². The average molecular weight is 1020 g/mol. The zero-order valence-corrected chi connectivity index (χ0v) is 42.0. The summed E-state index contributed by atoms with van der Waals surface area (Å²) in [6.45, 7) is 7.64. The highest BCUT2D eigenvalue weighted by Crippen LogP contribution is 2.49. The number of anilines is 2. The molecule has 7 aromatic rings. The van der Waals surface area contributed by atoms with Gasteiger partial charge < -0.3 is 33.5 Å². The van der Waals surface area contributed by atoms with Crippen molar-refractivity contribution in [1.82, 2.24) is 34.6 Å². The van der Waals surface area contributed by atoms with Gasteiger partial charge in [0.05, 0.1) is 49.1 Å². The highest BCUT2D eigenvalue weighted by atomic mass is 19.4. The number of benzene rings is 3. The third-order valence-corrected chi connectivity index (χ3v) is 15.2. The number of nitrogens with zero attached hydrogens (tertiary/aromatic N) is 9. The summed E-state index contributed by atoms with van der Waals surface area (Å²) in [7, 11) is 3.25. The van der Waals surface area contributed by atoms with Crippen molar-refractivity contribution in [3.05, 3.63) is 113 Å². The number of halogens is 5. The van der Waals surface area contributed by atoms with Crippen LogP contribution in [-0.4, -0.2) is 99.5 Å². The van der Waals surface area contributed by atoms with Gasteiger partial charge in [0.1, 0.15) is 59.1 Å². The van der Waals surface area contributed by atoms with Crippen LogP contribution in [0, 0.1) is 12.7 Å². The number of aromatic nitrogens is 6. The molecular weight excluding hydrogens is 962 g/mol. The molecule has 0 amide bonds. The molecule has 3 saturated heterocycles. The summed E-state index contributed by atoms with van der Waals surface area (Å²) in [5.74, 6) is 1.04. The Kier molecular flexibility index (Phi) is 13.2. The molecule has 388 valence electrons. The van der Waals surface area contributed by atoms with Crippen molar-refractivity contribution >= 4 is 33.4 Å². The molecule has 0 saturated carbocycles. The summed E-state index contributed by atoms with van der Waals surface area (Å²) in [4.78, 5) is 25.7. The minimum absolute atomic E-state index is 0.0178. The molecule has 2 unspecified atom stereocenters. The van der Waals surface area contributed by atoms with Crippen LogP contribution in [0.1, 0.15) is 92.5 Å². The van der Waals surface area contributed by atoms with Crippen LogP contribution in [-0.2, 0) is 24.0 Å². The Morgan fingerprint density at radius 3 is 2.35 bits per heavy atom. The van der Waals surface area contributed by atoms with Gasteiger partial charge in [0.2, 0.25) is 5.88 Å². The molecule has 5 atom stereocenters. The summed E-state index contributed by atoms with van der Waals surface area (Å²) in [6, 6.07) is 19.7. The fraction of sp³-hybridized carbons (Fsp3) is 0.436. The van der Waals surface area contributed by atoms with E-state index in [-0.39, 0.29) is 65.7 Å².